The molecule has 0 aromatic carbocycles. The third-order valence-corrected chi connectivity index (χ3v) is 2.37. The highest BCUT2D eigenvalue weighted by molar-refractivity contribution is 5.92. The molecule has 2 aromatic heterocycles. The lowest BCUT2D eigenvalue weighted by atomic mass is 10.2. The van der Waals surface area contributed by atoms with Crippen LogP contribution in [0.2, 0.25) is 0 Å². The molecule has 2 heterocycles. The maximum absolute atomic E-state index is 11.7. The van der Waals surface area contributed by atoms with Gasteiger partial charge < -0.3 is 9.84 Å². The smallest absolute Gasteiger partial charge is 0.269 e. The highest BCUT2D eigenvalue weighted by Gasteiger charge is 2.11. The molecule has 1 amide bonds. The highest BCUT2D eigenvalue weighted by Crippen LogP contribution is 2.17. The molecule has 0 aliphatic rings. The Morgan fingerprint density at radius 3 is 3.05 bits per heavy atom. The van der Waals surface area contributed by atoms with Crippen molar-refractivity contribution in [3.05, 3.63) is 35.7 Å². The van der Waals surface area contributed by atoms with Gasteiger partial charge in [0.1, 0.15) is 18.0 Å². The number of carbonyl (C=O) groups is 1. The minimum Gasteiger partial charge on any atom is -0.358 e. The summed E-state index contributed by atoms with van der Waals surface area (Å²) < 4.78 is 5.01. The molecule has 0 unspecified atom stereocenters. The van der Waals surface area contributed by atoms with Crippen LogP contribution in [0.4, 0.5) is 0 Å². The lowest BCUT2D eigenvalue weighted by Gasteiger charge is -2.02. The summed E-state index contributed by atoms with van der Waals surface area (Å²) in [6.45, 7) is 2.52. The molecule has 3 N–H and O–H groups in total. The van der Waals surface area contributed by atoms with Crippen molar-refractivity contribution in [3.63, 3.8) is 0 Å². The monoisotopic (exact) mass is 262 g/mol. The zero-order chi connectivity index (χ0) is 13.7. The first kappa shape index (κ1) is 13.2. The molecule has 0 spiro atoms. The van der Waals surface area contributed by atoms with Crippen LogP contribution in [0.1, 0.15) is 23.2 Å². The molecule has 0 atom stereocenters. The maximum Gasteiger partial charge on any atom is 0.269 e. The average molecular weight is 262 g/mol. The van der Waals surface area contributed by atoms with Gasteiger partial charge in [-0.1, -0.05) is 11.2 Å². The second-order valence-corrected chi connectivity index (χ2v) is 3.76. The lowest BCUT2D eigenvalue weighted by Crippen LogP contribution is -2.23. The van der Waals surface area contributed by atoms with E-state index in [4.69, 9.17) is 10.4 Å². The zero-order valence-electron chi connectivity index (χ0n) is 10.4. The van der Waals surface area contributed by atoms with Crippen molar-refractivity contribution in [2.24, 2.45) is 5.90 Å². The van der Waals surface area contributed by atoms with E-state index in [1.165, 1.54) is 0 Å². The number of nitrogens with two attached hydrogens (primary N) is 1. The molecule has 0 radical (unpaired) electrons. The van der Waals surface area contributed by atoms with E-state index in [9.17, 15) is 4.79 Å². The third-order valence-electron chi connectivity index (χ3n) is 2.37. The largest absolute Gasteiger partial charge is 0.358 e. The van der Waals surface area contributed by atoms with E-state index >= 15 is 0 Å². The van der Waals surface area contributed by atoms with E-state index < -0.39 is 0 Å². The van der Waals surface area contributed by atoms with Gasteiger partial charge in [-0.15, -0.1) is 0 Å². The van der Waals surface area contributed by atoms with Crippen LogP contribution < -0.4 is 11.2 Å². The summed E-state index contributed by atoms with van der Waals surface area (Å²) in [5, 5.41) is 6.53. The molecular formula is C12H14N4O3. The summed E-state index contributed by atoms with van der Waals surface area (Å²) in [6, 6.07) is 6.78. The Morgan fingerprint density at radius 1 is 1.47 bits per heavy atom. The second kappa shape index (κ2) is 6.07. The Morgan fingerprint density at radius 2 is 2.32 bits per heavy atom. The molecule has 7 heteroatoms. The van der Waals surface area contributed by atoms with Gasteiger partial charge in [-0.2, -0.15) is 0 Å². The molecule has 0 fully saturated rings. The molecule has 0 saturated heterocycles. The molecule has 7 nitrogen and oxygen atoms in total. The average Bonchev–Trinajstić information content (AvgIpc) is 2.88. The van der Waals surface area contributed by atoms with Crippen molar-refractivity contribution in [3.8, 4) is 11.4 Å². The van der Waals surface area contributed by atoms with Crippen molar-refractivity contribution < 1.29 is 14.2 Å². The van der Waals surface area contributed by atoms with Gasteiger partial charge in [-0.05, 0) is 19.1 Å². The predicted molar refractivity (Wildman–Crippen MR) is 66.7 cm³/mol. The van der Waals surface area contributed by atoms with Gasteiger partial charge in [0.15, 0.2) is 5.76 Å². The van der Waals surface area contributed by atoms with E-state index in [2.05, 4.69) is 20.3 Å². The van der Waals surface area contributed by atoms with E-state index in [1.54, 1.807) is 24.3 Å². The summed E-state index contributed by atoms with van der Waals surface area (Å²) in [6.07, 6.45) is 0. The first-order valence-corrected chi connectivity index (χ1v) is 5.77. The summed E-state index contributed by atoms with van der Waals surface area (Å²) in [5.74, 6) is 5.21. The van der Waals surface area contributed by atoms with E-state index in [-0.39, 0.29) is 12.5 Å². The fraction of sp³-hybridized carbons (Fsp3) is 0.250. The lowest BCUT2D eigenvalue weighted by molar-refractivity contribution is 0.0951. The summed E-state index contributed by atoms with van der Waals surface area (Å²) in [7, 11) is 0. The molecule has 0 aliphatic carbocycles. The first-order chi connectivity index (χ1) is 9.24. The summed E-state index contributed by atoms with van der Waals surface area (Å²) in [4.78, 5) is 20.4. The van der Waals surface area contributed by atoms with Crippen LogP contribution in [0.15, 0.2) is 28.8 Å². The number of amides is 1. The van der Waals surface area contributed by atoms with E-state index in [0.717, 1.165) is 0 Å². The molecule has 2 aromatic rings. The highest BCUT2D eigenvalue weighted by atomic mass is 16.6. The Hall–Kier alpha value is -2.25. The fourth-order valence-corrected chi connectivity index (χ4v) is 1.54. The van der Waals surface area contributed by atoms with Crippen molar-refractivity contribution in [2.45, 2.75) is 13.5 Å². The van der Waals surface area contributed by atoms with E-state index in [1.807, 2.05) is 6.92 Å². The van der Waals surface area contributed by atoms with Gasteiger partial charge in [0.2, 0.25) is 0 Å². The molecule has 0 aliphatic heterocycles. The maximum atomic E-state index is 11.7. The topological polar surface area (TPSA) is 103 Å². The summed E-state index contributed by atoms with van der Waals surface area (Å²) >= 11 is 0. The van der Waals surface area contributed by atoms with E-state index in [0.29, 0.717) is 29.4 Å². The molecule has 0 saturated carbocycles. The minimum atomic E-state index is -0.224. The number of hydrogen-bond donors (Lipinski definition) is 2. The standard InChI is InChI=1S/C12H14N4O3/c1-2-14-12(17)10-5-3-4-9(15-10)11-6-8(7-18-13)19-16-11/h3-6H,2,7,13H2,1H3,(H,14,17). The Balaban J connectivity index is 2.24. The van der Waals surface area contributed by atoms with Gasteiger partial charge in [0.25, 0.3) is 5.91 Å². The Labute approximate surface area is 109 Å². The van der Waals surface area contributed by atoms with Gasteiger partial charge >= 0.3 is 0 Å². The van der Waals surface area contributed by atoms with Crippen LogP contribution in [0.25, 0.3) is 11.4 Å². The van der Waals surface area contributed by atoms with Crippen molar-refractivity contribution in [2.75, 3.05) is 6.54 Å². The zero-order valence-corrected chi connectivity index (χ0v) is 10.4. The van der Waals surface area contributed by atoms with Crippen LogP contribution in [0.3, 0.4) is 0 Å². The second-order valence-electron chi connectivity index (χ2n) is 3.76. The number of nitrogens with zero attached hydrogens (tertiary/aromatic N) is 2. The number of aromatic nitrogens is 2. The number of rotatable bonds is 5. The summed E-state index contributed by atoms with van der Waals surface area (Å²) in [5.41, 5.74) is 1.41. The van der Waals surface area contributed by atoms with Crippen molar-refractivity contribution in [1.82, 2.24) is 15.5 Å². The van der Waals surface area contributed by atoms with Gasteiger partial charge in [-0.3, -0.25) is 9.63 Å². The third kappa shape index (κ3) is 3.15. The minimum absolute atomic E-state index is 0.128. The van der Waals surface area contributed by atoms with Crippen LogP contribution in [-0.4, -0.2) is 22.6 Å². The number of nitrogens with one attached hydrogen (secondary N) is 1. The SMILES string of the molecule is CCNC(=O)c1cccc(-c2cc(CON)on2)n1. The van der Waals surface area contributed by atoms with Crippen molar-refractivity contribution >= 4 is 5.91 Å². The molecule has 2 rings (SSSR count). The van der Waals surface area contributed by atoms with Gasteiger partial charge in [0, 0.05) is 12.6 Å². The molecular weight excluding hydrogens is 248 g/mol. The fourth-order valence-electron chi connectivity index (χ4n) is 1.54. The Bertz CT molecular complexity index is 568. The van der Waals surface area contributed by atoms with Crippen LogP contribution in [-0.2, 0) is 11.4 Å². The van der Waals surface area contributed by atoms with Crippen molar-refractivity contribution in [1.29, 1.82) is 0 Å². The number of pyridine rings is 1. The van der Waals surface area contributed by atoms with Gasteiger partial charge in [-0.25, -0.2) is 10.9 Å². The van der Waals surface area contributed by atoms with Crippen LogP contribution >= 0.6 is 0 Å². The first-order valence-electron chi connectivity index (χ1n) is 5.77. The van der Waals surface area contributed by atoms with Gasteiger partial charge in [0.05, 0.1) is 5.69 Å². The quantitative estimate of drug-likeness (QED) is 0.775. The number of carbonyl (C=O) groups excluding carboxylic acids is 1. The predicted octanol–water partition coefficient (Wildman–Crippen LogP) is 0.877. The number of hydrogen-bond acceptors (Lipinski definition) is 6. The Kier molecular flexibility index (Phi) is 4.22. The molecule has 100 valence electrons. The van der Waals surface area contributed by atoms with Crippen LogP contribution in [0.5, 0.6) is 0 Å². The normalized spacial score (nSPS) is 10.4. The molecule has 0 bridgehead atoms. The van der Waals surface area contributed by atoms with Crippen LogP contribution in [0, 0.1) is 0 Å². The molecule has 19 heavy (non-hydrogen) atoms.